The number of carbonyl (C=O) groups excluding carboxylic acids is 1. The Morgan fingerprint density at radius 1 is 1.00 bits per heavy atom. The van der Waals surface area contributed by atoms with E-state index >= 15 is 0 Å². The fourth-order valence-electron chi connectivity index (χ4n) is 2.45. The second-order valence-corrected chi connectivity index (χ2v) is 5.28. The van der Waals surface area contributed by atoms with Gasteiger partial charge in [0.1, 0.15) is 5.75 Å². The largest absolute Gasteiger partial charge is 0.496 e. The average Bonchev–Trinajstić information content (AvgIpc) is 2.37. The molecule has 0 spiro atoms. The third-order valence-electron chi connectivity index (χ3n) is 3.38. The molecule has 20 heavy (non-hydrogen) atoms. The molecule has 0 aromatic heterocycles. The number of benzene rings is 2. The summed E-state index contributed by atoms with van der Waals surface area (Å²) in [6, 6.07) is 11.9. The first-order valence-electron chi connectivity index (χ1n) is 6.74. The second-order valence-electron chi connectivity index (χ2n) is 5.28. The van der Waals surface area contributed by atoms with E-state index in [4.69, 9.17) is 4.74 Å². The predicted octanol–water partition coefficient (Wildman–Crippen LogP) is 4.05. The normalized spacial score (nSPS) is 10.4. The van der Waals surface area contributed by atoms with Gasteiger partial charge in [-0.25, -0.2) is 0 Å². The van der Waals surface area contributed by atoms with E-state index in [1.54, 1.807) is 7.11 Å². The highest BCUT2D eigenvalue weighted by molar-refractivity contribution is 5.98. The molecule has 0 radical (unpaired) electrons. The van der Waals surface area contributed by atoms with Gasteiger partial charge in [-0.1, -0.05) is 41.5 Å². The van der Waals surface area contributed by atoms with E-state index < -0.39 is 0 Å². The van der Waals surface area contributed by atoms with Crippen molar-refractivity contribution in [3.8, 4) is 5.75 Å². The number of hydrogen-bond acceptors (Lipinski definition) is 2. The van der Waals surface area contributed by atoms with Crippen LogP contribution in [0, 0.1) is 20.8 Å². The average molecular weight is 268 g/mol. The highest BCUT2D eigenvalue weighted by atomic mass is 16.5. The Kier molecular flexibility index (Phi) is 4.23. The van der Waals surface area contributed by atoms with Gasteiger partial charge >= 0.3 is 0 Å². The molecule has 0 saturated heterocycles. The molecule has 104 valence electrons. The first kappa shape index (κ1) is 14.3. The summed E-state index contributed by atoms with van der Waals surface area (Å²) in [7, 11) is 1.63. The molecule has 0 saturated carbocycles. The van der Waals surface area contributed by atoms with E-state index in [2.05, 4.69) is 32.0 Å². The van der Waals surface area contributed by atoms with Crippen LogP contribution in [0.5, 0.6) is 5.75 Å². The Labute approximate surface area is 120 Å². The van der Waals surface area contributed by atoms with E-state index in [9.17, 15) is 4.79 Å². The van der Waals surface area contributed by atoms with Gasteiger partial charge in [0, 0.05) is 12.0 Å². The lowest BCUT2D eigenvalue weighted by Gasteiger charge is -2.08. The van der Waals surface area contributed by atoms with Crippen LogP contribution < -0.4 is 4.74 Å². The van der Waals surface area contributed by atoms with Crippen LogP contribution in [-0.2, 0) is 6.42 Å². The number of aryl methyl sites for hydroxylation is 3. The van der Waals surface area contributed by atoms with Gasteiger partial charge < -0.3 is 4.74 Å². The van der Waals surface area contributed by atoms with Gasteiger partial charge in [0.2, 0.25) is 0 Å². The highest BCUT2D eigenvalue weighted by Crippen LogP contribution is 2.20. The number of ether oxygens (including phenoxy) is 1. The Morgan fingerprint density at radius 3 is 2.25 bits per heavy atom. The number of carbonyl (C=O) groups is 1. The third kappa shape index (κ3) is 3.27. The van der Waals surface area contributed by atoms with Crippen LogP contribution in [-0.4, -0.2) is 12.9 Å². The molecule has 0 fully saturated rings. The molecule has 0 heterocycles. The highest BCUT2D eigenvalue weighted by Gasteiger charge is 2.10. The van der Waals surface area contributed by atoms with Crippen LogP contribution in [0.1, 0.15) is 32.6 Å². The molecule has 0 bridgehead atoms. The van der Waals surface area contributed by atoms with Crippen LogP contribution in [0.25, 0.3) is 0 Å². The second kappa shape index (κ2) is 5.91. The Bertz CT molecular complexity index is 622. The van der Waals surface area contributed by atoms with Gasteiger partial charge in [0.15, 0.2) is 5.78 Å². The lowest BCUT2D eigenvalue weighted by Crippen LogP contribution is -2.05. The van der Waals surface area contributed by atoms with E-state index in [-0.39, 0.29) is 5.78 Å². The van der Waals surface area contributed by atoms with E-state index in [0.717, 1.165) is 16.9 Å². The van der Waals surface area contributed by atoms with E-state index in [0.29, 0.717) is 12.0 Å². The minimum Gasteiger partial charge on any atom is -0.496 e. The SMILES string of the molecule is COc1cc(C(=O)Cc2cc(C)cc(C)c2)ccc1C. The number of Topliss-reactive ketones (excluding diaryl/α,β-unsaturated/α-hetero) is 1. The van der Waals surface area contributed by atoms with Crippen molar-refractivity contribution in [2.24, 2.45) is 0 Å². The third-order valence-corrected chi connectivity index (χ3v) is 3.38. The van der Waals surface area contributed by atoms with Crippen LogP contribution in [0.3, 0.4) is 0 Å². The molecule has 2 rings (SSSR count). The van der Waals surface area contributed by atoms with Gasteiger partial charge in [0.25, 0.3) is 0 Å². The van der Waals surface area contributed by atoms with Crippen LogP contribution in [0.4, 0.5) is 0 Å². The zero-order valence-electron chi connectivity index (χ0n) is 12.5. The summed E-state index contributed by atoms with van der Waals surface area (Å²) in [4.78, 5) is 12.4. The molecule has 0 aliphatic carbocycles. The molecule has 0 N–H and O–H groups in total. The quantitative estimate of drug-likeness (QED) is 0.782. The van der Waals surface area contributed by atoms with Gasteiger partial charge in [0.05, 0.1) is 7.11 Å². The van der Waals surface area contributed by atoms with Crippen molar-refractivity contribution in [3.05, 3.63) is 64.2 Å². The lowest BCUT2D eigenvalue weighted by atomic mass is 9.99. The number of ketones is 1. The van der Waals surface area contributed by atoms with Crippen LogP contribution >= 0.6 is 0 Å². The lowest BCUT2D eigenvalue weighted by molar-refractivity contribution is 0.0992. The molecule has 2 aromatic carbocycles. The summed E-state index contributed by atoms with van der Waals surface area (Å²) < 4.78 is 5.27. The maximum atomic E-state index is 12.4. The van der Waals surface area contributed by atoms with Crippen molar-refractivity contribution >= 4 is 5.78 Å². The van der Waals surface area contributed by atoms with Crippen LogP contribution in [0.15, 0.2) is 36.4 Å². The van der Waals surface area contributed by atoms with Gasteiger partial charge in [-0.3, -0.25) is 4.79 Å². The van der Waals surface area contributed by atoms with Crippen molar-refractivity contribution in [1.82, 2.24) is 0 Å². The monoisotopic (exact) mass is 268 g/mol. The van der Waals surface area contributed by atoms with Crippen molar-refractivity contribution in [2.75, 3.05) is 7.11 Å². The van der Waals surface area contributed by atoms with Gasteiger partial charge in [-0.05, 0) is 38.0 Å². The molecule has 2 heteroatoms. The van der Waals surface area contributed by atoms with Crippen molar-refractivity contribution in [1.29, 1.82) is 0 Å². The number of rotatable bonds is 4. The molecule has 2 aromatic rings. The van der Waals surface area contributed by atoms with Gasteiger partial charge in [-0.15, -0.1) is 0 Å². The smallest absolute Gasteiger partial charge is 0.167 e. The fourth-order valence-corrected chi connectivity index (χ4v) is 2.45. The maximum absolute atomic E-state index is 12.4. The van der Waals surface area contributed by atoms with E-state index in [1.165, 1.54) is 11.1 Å². The summed E-state index contributed by atoms with van der Waals surface area (Å²) in [6.07, 6.45) is 0.425. The number of methoxy groups -OCH3 is 1. The molecule has 0 atom stereocenters. The molecule has 2 nitrogen and oxygen atoms in total. The van der Waals surface area contributed by atoms with Gasteiger partial charge in [-0.2, -0.15) is 0 Å². The van der Waals surface area contributed by atoms with Crippen molar-refractivity contribution in [3.63, 3.8) is 0 Å². The zero-order chi connectivity index (χ0) is 14.7. The first-order chi connectivity index (χ1) is 9.49. The molecule has 0 amide bonds. The predicted molar refractivity (Wildman–Crippen MR) is 81.7 cm³/mol. The van der Waals surface area contributed by atoms with E-state index in [1.807, 2.05) is 25.1 Å². The number of hydrogen-bond donors (Lipinski definition) is 0. The van der Waals surface area contributed by atoms with Crippen molar-refractivity contribution < 1.29 is 9.53 Å². The summed E-state index contributed by atoms with van der Waals surface area (Å²) in [6.45, 7) is 6.07. The maximum Gasteiger partial charge on any atom is 0.167 e. The summed E-state index contributed by atoms with van der Waals surface area (Å²) >= 11 is 0. The summed E-state index contributed by atoms with van der Waals surface area (Å²) in [5, 5.41) is 0. The topological polar surface area (TPSA) is 26.3 Å². The van der Waals surface area contributed by atoms with Crippen molar-refractivity contribution in [2.45, 2.75) is 27.2 Å². The Morgan fingerprint density at radius 2 is 1.65 bits per heavy atom. The fraction of sp³-hybridized carbons (Fsp3) is 0.278. The first-order valence-corrected chi connectivity index (χ1v) is 6.74. The molecule has 0 aliphatic heterocycles. The zero-order valence-corrected chi connectivity index (χ0v) is 12.5. The molecule has 0 aliphatic rings. The minimum absolute atomic E-state index is 0.119. The standard InChI is InChI=1S/C18H20O2/c1-12-7-13(2)9-15(8-12)10-17(19)16-6-5-14(3)18(11-16)20-4/h5-9,11H,10H2,1-4H3. The molecule has 0 unspecified atom stereocenters. The van der Waals surface area contributed by atoms with Crippen LogP contribution in [0.2, 0.25) is 0 Å². The Balaban J connectivity index is 2.23. The molecular weight excluding hydrogens is 248 g/mol. The summed E-state index contributed by atoms with van der Waals surface area (Å²) in [5.41, 5.74) is 5.18. The summed E-state index contributed by atoms with van der Waals surface area (Å²) in [5.74, 6) is 0.879. The Hall–Kier alpha value is -2.09. The molecular formula is C18H20O2. The minimum atomic E-state index is 0.119.